The van der Waals surface area contributed by atoms with E-state index in [0.29, 0.717) is 31.6 Å². The molecule has 0 saturated carbocycles. The minimum absolute atomic E-state index is 0.102. The normalized spacial score (nSPS) is 14.7. The van der Waals surface area contributed by atoms with Crippen LogP contribution < -0.4 is 0 Å². The Bertz CT molecular complexity index is 1720. The van der Waals surface area contributed by atoms with Gasteiger partial charge in [-0.25, -0.2) is 9.13 Å². The minimum atomic E-state index is -4.95. The molecule has 510 valence electrons. The van der Waals surface area contributed by atoms with E-state index in [1.165, 1.54) is 128 Å². The van der Waals surface area contributed by atoms with E-state index in [9.17, 15) is 43.2 Å². The molecule has 0 radical (unpaired) electrons. The lowest BCUT2D eigenvalue weighted by Gasteiger charge is -2.21. The number of ether oxygens (including phenoxy) is 4. The third kappa shape index (κ3) is 59.7. The number of aliphatic hydroxyl groups is 1. The fraction of sp³-hybridized carbons (Fsp3) is 0.940. The van der Waals surface area contributed by atoms with E-state index in [0.717, 1.165) is 108 Å². The highest BCUT2D eigenvalue weighted by Crippen LogP contribution is 2.45. The maximum absolute atomic E-state index is 13.0. The Balaban J connectivity index is 5.26. The molecule has 3 N–H and O–H groups in total. The number of hydrogen-bond acceptors (Lipinski definition) is 15. The van der Waals surface area contributed by atoms with Gasteiger partial charge in [0.25, 0.3) is 0 Å². The highest BCUT2D eigenvalue weighted by Gasteiger charge is 2.30. The van der Waals surface area contributed by atoms with E-state index in [1.807, 2.05) is 0 Å². The largest absolute Gasteiger partial charge is 0.472 e. The Hall–Kier alpha value is -1.94. The first-order chi connectivity index (χ1) is 41.1. The van der Waals surface area contributed by atoms with Crippen molar-refractivity contribution in [2.45, 2.75) is 343 Å². The molecule has 0 aromatic carbocycles. The number of hydrogen-bond donors (Lipinski definition) is 3. The van der Waals surface area contributed by atoms with Crippen LogP contribution in [0.5, 0.6) is 0 Å². The first-order valence-electron chi connectivity index (χ1n) is 34.7. The van der Waals surface area contributed by atoms with Crippen LogP contribution in [0, 0.1) is 23.7 Å². The van der Waals surface area contributed by atoms with Crippen molar-refractivity contribution in [1.82, 2.24) is 0 Å². The smallest absolute Gasteiger partial charge is 0.462 e. The molecule has 0 fully saturated rings. The van der Waals surface area contributed by atoms with Crippen molar-refractivity contribution in [2.24, 2.45) is 23.7 Å². The summed E-state index contributed by atoms with van der Waals surface area (Å²) in [6.07, 6.45) is 37.6. The van der Waals surface area contributed by atoms with Crippen molar-refractivity contribution < 1.29 is 80.2 Å². The van der Waals surface area contributed by atoms with Crippen molar-refractivity contribution in [1.29, 1.82) is 0 Å². The third-order valence-corrected chi connectivity index (χ3v) is 17.6. The van der Waals surface area contributed by atoms with Gasteiger partial charge < -0.3 is 33.8 Å². The second-order valence-corrected chi connectivity index (χ2v) is 28.8. The molecule has 19 heteroatoms. The zero-order chi connectivity index (χ0) is 63.9. The average molecular weight is 1270 g/mol. The van der Waals surface area contributed by atoms with Crippen LogP contribution in [0.15, 0.2) is 0 Å². The Labute approximate surface area is 524 Å². The van der Waals surface area contributed by atoms with E-state index in [4.69, 9.17) is 37.0 Å². The highest BCUT2D eigenvalue weighted by atomic mass is 31.2. The molecule has 6 atom stereocenters. The van der Waals surface area contributed by atoms with Crippen LogP contribution in [0.2, 0.25) is 0 Å². The summed E-state index contributed by atoms with van der Waals surface area (Å²) in [5.74, 6) is 0.815. The highest BCUT2D eigenvalue weighted by molar-refractivity contribution is 7.47. The second-order valence-electron chi connectivity index (χ2n) is 25.9. The summed E-state index contributed by atoms with van der Waals surface area (Å²) < 4.78 is 68.1. The zero-order valence-corrected chi connectivity index (χ0v) is 57.7. The minimum Gasteiger partial charge on any atom is -0.462 e. The van der Waals surface area contributed by atoms with E-state index >= 15 is 0 Å². The molecule has 4 unspecified atom stereocenters. The predicted octanol–water partition coefficient (Wildman–Crippen LogP) is 18.5. The third-order valence-electron chi connectivity index (χ3n) is 15.7. The lowest BCUT2D eigenvalue weighted by Crippen LogP contribution is -2.30. The Morgan fingerprint density at radius 1 is 0.326 bits per heavy atom. The van der Waals surface area contributed by atoms with E-state index in [-0.39, 0.29) is 25.7 Å². The van der Waals surface area contributed by atoms with E-state index in [2.05, 4.69) is 55.4 Å². The molecular weight excluding hydrogens is 1140 g/mol. The molecule has 0 bridgehead atoms. The number of aliphatic hydroxyl groups excluding tert-OH is 1. The summed E-state index contributed by atoms with van der Waals surface area (Å²) in [6, 6.07) is 0. The molecule has 0 aliphatic rings. The summed E-state index contributed by atoms with van der Waals surface area (Å²) in [7, 11) is -9.90. The molecule has 0 rings (SSSR count). The maximum Gasteiger partial charge on any atom is 0.472 e. The van der Waals surface area contributed by atoms with E-state index < -0.39 is 97.5 Å². The molecular formula is C67H130O17P2. The lowest BCUT2D eigenvalue weighted by molar-refractivity contribution is -0.161. The summed E-state index contributed by atoms with van der Waals surface area (Å²) in [5, 5.41) is 10.6. The number of esters is 4. The Kier molecular flexibility index (Phi) is 55.7. The van der Waals surface area contributed by atoms with Crippen LogP contribution in [0.25, 0.3) is 0 Å². The fourth-order valence-electron chi connectivity index (χ4n) is 9.93. The molecule has 0 spiro atoms. The first kappa shape index (κ1) is 84.1. The number of unbranched alkanes of at least 4 members (excludes halogenated alkanes) is 29. The van der Waals surface area contributed by atoms with Crippen molar-refractivity contribution in [3.05, 3.63) is 0 Å². The molecule has 0 aromatic rings. The molecule has 0 aromatic heterocycles. The van der Waals surface area contributed by atoms with Crippen molar-refractivity contribution in [3.8, 4) is 0 Å². The van der Waals surface area contributed by atoms with Gasteiger partial charge in [0.1, 0.15) is 19.3 Å². The van der Waals surface area contributed by atoms with Crippen LogP contribution in [-0.2, 0) is 65.4 Å². The van der Waals surface area contributed by atoms with Crippen LogP contribution in [-0.4, -0.2) is 96.7 Å². The van der Waals surface area contributed by atoms with E-state index in [1.54, 1.807) is 0 Å². The molecule has 0 heterocycles. The predicted molar refractivity (Wildman–Crippen MR) is 344 cm³/mol. The van der Waals surface area contributed by atoms with Crippen molar-refractivity contribution in [3.63, 3.8) is 0 Å². The molecule has 0 amide bonds. The summed E-state index contributed by atoms with van der Waals surface area (Å²) >= 11 is 0. The maximum atomic E-state index is 13.0. The number of carbonyl (C=O) groups is 4. The Morgan fingerprint density at radius 3 is 0.826 bits per heavy atom. The second kappa shape index (κ2) is 57.0. The fourth-order valence-corrected chi connectivity index (χ4v) is 11.5. The molecule has 0 aliphatic heterocycles. The molecule has 86 heavy (non-hydrogen) atoms. The summed E-state index contributed by atoms with van der Waals surface area (Å²) in [5.41, 5.74) is 0. The van der Waals surface area contributed by atoms with Crippen LogP contribution in [0.4, 0.5) is 0 Å². The van der Waals surface area contributed by atoms with Gasteiger partial charge in [0, 0.05) is 25.7 Å². The molecule has 17 nitrogen and oxygen atoms in total. The van der Waals surface area contributed by atoms with Gasteiger partial charge in [-0.05, 0) is 49.4 Å². The number of phosphoric acid groups is 2. The standard InChI is InChI=1S/C67H130O17P2/c1-9-60(8)46-38-30-22-15-17-24-32-40-48-65(70)78-54-63(84-67(72)50-42-34-26-18-21-29-37-45-59(6)7)56-82-86(75,76)80-52-61(68)51-79-85(73,74)81-55-62(53-77-64(69)47-39-31-23-16-14-20-28-36-44-58(4)5)83-66(71)49-41-33-25-13-11-10-12-19-27-35-43-57(2)3/h57-63,68H,9-56H2,1-8H3,(H,73,74)(H,75,76)/t60?,61?,62-,63-/m1/s1. The zero-order valence-electron chi connectivity index (χ0n) is 55.9. The average Bonchev–Trinajstić information content (AvgIpc) is 3.68. The van der Waals surface area contributed by atoms with Crippen LogP contribution >= 0.6 is 15.6 Å². The van der Waals surface area contributed by atoms with Crippen molar-refractivity contribution in [2.75, 3.05) is 39.6 Å². The van der Waals surface area contributed by atoms with Gasteiger partial charge in [-0.15, -0.1) is 0 Å². The van der Waals surface area contributed by atoms with Crippen LogP contribution in [0.3, 0.4) is 0 Å². The van der Waals surface area contributed by atoms with Gasteiger partial charge in [0.15, 0.2) is 12.2 Å². The van der Waals surface area contributed by atoms with Crippen molar-refractivity contribution >= 4 is 39.5 Å². The van der Waals surface area contributed by atoms with Gasteiger partial charge >= 0.3 is 39.5 Å². The number of phosphoric ester groups is 2. The topological polar surface area (TPSA) is 237 Å². The van der Waals surface area contributed by atoms with Gasteiger partial charge in [0.2, 0.25) is 0 Å². The SMILES string of the molecule is CCC(C)CCCCCCCCCCC(=O)OC[C@H](COP(=O)(O)OCC(O)COP(=O)(O)OC[C@@H](COC(=O)CCCCCCCCCCC(C)C)OC(=O)CCCCCCCCCCCCC(C)C)OC(=O)CCCCCCCCCC(C)C. The number of carbonyl (C=O) groups excluding carboxylic acids is 4. The van der Waals surface area contributed by atoms with Gasteiger partial charge in [0.05, 0.1) is 26.4 Å². The summed E-state index contributed by atoms with van der Waals surface area (Å²) in [6.45, 7) is 14.0. The van der Waals surface area contributed by atoms with Gasteiger partial charge in [-0.3, -0.25) is 37.3 Å². The van der Waals surface area contributed by atoms with Gasteiger partial charge in [-0.1, -0.05) is 274 Å². The van der Waals surface area contributed by atoms with Gasteiger partial charge in [-0.2, -0.15) is 0 Å². The Morgan fingerprint density at radius 2 is 0.558 bits per heavy atom. The van der Waals surface area contributed by atoms with Crippen LogP contribution in [0.1, 0.15) is 325 Å². The summed E-state index contributed by atoms with van der Waals surface area (Å²) in [4.78, 5) is 72.4. The lowest BCUT2D eigenvalue weighted by atomic mass is 9.99. The molecule has 0 aliphatic carbocycles. The number of rotatable bonds is 64. The molecule has 0 saturated heterocycles. The first-order valence-corrected chi connectivity index (χ1v) is 37.7. The monoisotopic (exact) mass is 1270 g/mol. The quantitative estimate of drug-likeness (QED) is 0.0222.